The number of carbonyl (C=O) groups is 2. The number of nitrogens with two attached hydrogens (primary N) is 1. The minimum Gasteiger partial charge on any atom is -0.335 e. The molecule has 20 heavy (non-hydrogen) atoms. The van der Waals surface area contributed by atoms with Gasteiger partial charge in [0.1, 0.15) is 0 Å². The van der Waals surface area contributed by atoms with Gasteiger partial charge in [0.15, 0.2) is 0 Å². The van der Waals surface area contributed by atoms with E-state index in [1.54, 1.807) is 0 Å². The Hall–Kier alpha value is -0.850. The highest BCUT2D eigenvalue weighted by Crippen LogP contribution is 2.36. The Kier molecular flexibility index (Phi) is 4.88. The molecule has 114 valence electrons. The molecule has 3 aliphatic rings. The summed E-state index contributed by atoms with van der Waals surface area (Å²) in [6.07, 6.45) is 4.33. The van der Waals surface area contributed by atoms with Gasteiger partial charge >= 0.3 is 6.03 Å². The van der Waals surface area contributed by atoms with Gasteiger partial charge in [0.25, 0.3) is 0 Å². The number of hydrogen-bond donors (Lipinski definition) is 3. The maximum atomic E-state index is 11.8. The van der Waals surface area contributed by atoms with Crippen LogP contribution in [0.4, 0.5) is 4.79 Å². The molecule has 3 unspecified atom stereocenters. The zero-order valence-electron chi connectivity index (χ0n) is 11.5. The van der Waals surface area contributed by atoms with E-state index in [1.807, 2.05) is 0 Å². The van der Waals surface area contributed by atoms with Crippen LogP contribution < -0.4 is 16.4 Å². The van der Waals surface area contributed by atoms with E-state index in [2.05, 4.69) is 15.5 Å². The lowest BCUT2D eigenvalue weighted by molar-refractivity contribution is -0.121. The molecule has 2 aliphatic carbocycles. The number of urea groups is 1. The van der Waals surface area contributed by atoms with Crippen molar-refractivity contribution in [3.8, 4) is 0 Å². The molecule has 0 aromatic rings. The van der Waals surface area contributed by atoms with Crippen molar-refractivity contribution >= 4 is 24.3 Å². The highest BCUT2D eigenvalue weighted by molar-refractivity contribution is 5.95. The van der Waals surface area contributed by atoms with Gasteiger partial charge in [-0.25, -0.2) is 4.79 Å². The van der Waals surface area contributed by atoms with Gasteiger partial charge in [-0.15, -0.1) is 12.4 Å². The number of nitrogens with one attached hydrogen (secondary N) is 2. The fourth-order valence-corrected chi connectivity index (χ4v) is 3.35. The van der Waals surface area contributed by atoms with Gasteiger partial charge in [0.05, 0.1) is 6.54 Å². The van der Waals surface area contributed by atoms with Gasteiger partial charge in [0.2, 0.25) is 5.91 Å². The van der Waals surface area contributed by atoms with Crippen LogP contribution in [0.3, 0.4) is 0 Å². The Morgan fingerprint density at radius 2 is 1.90 bits per heavy atom. The molecule has 6 nitrogen and oxygen atoms in total. The summed E-state index contributed by atoms with van der Waals surface area (Å²) in [5.74, 6) is 0.961. The number of rotatable bonds is 3. The van der Waals surface area contributed by atoms with Crippen molar-refractivity contribution in [2.24, 2.45) is 17.6 Å². The summed E-state index contributed by atoms with van der Waals surface area (Å²) in [5, 5.41) is 5.14. The second-order valence-corrected chi connectivity index (χ2v) is 6.16. The molecule has 1 heterocycles. The number of amides is 3. The van der Waals surface area contributed by atoms with Gasteiger partial charge < -0.3 is 11.1 Å². The maximum Gasteiger partial charge on any atom is 0.321 e. The molecule has 1 saturated heterocycles. The third-order valence-corrected chi connectivity index (χ3v) is 4.52. The normalized spacial score (nSPS) is 32.4. The topological polar surface area (TPSA) is 87.5 Å². The van der Waals surface area contributed by atoms with E-state index >= 15 is 0 Å². The van der Waals surface area contributed by atoms with Crippen molar-refractivity contribution < 1.29 is 9.59 Å². The van der Waals surface area contributed by atoms with Crippen molar-refractivity contribution in [1.29, 1.82) is 0 Å². The third kappa shape index (κ3) is 3.62. The summed E-state index contributed by atoms with van der Waals surface area (Å²) in [5.41, 5.74) is 6.06. The monoisotopic (exact) mass is 302 g/mol. The SMILES string of the molecule is Cl.NC1CCC2CN(CC(=O)NC(=O)NC3CC3)CC12. The van der Waals surface area contributed by atoms with E-state index in [-0.39, 0.29) is 36.4 Å². The molecule has 3 rings (SSSR count). The minimum absolute atomic E-state index is 0. The smallest absolute Gasteiger partial charge is 0.321 e. The Balaban J connectivity index is 0.00000147. The number of carbonyl (C=O) groups excluding carboxylic acids is 2. The van der Waals surface area contributed by atoms with E-state index in [0.29, 0.717) is 18.4 Å². The van der Waals surface area contributed by atoms with Crippen LogP contribution in [0.25, 0.3) is 0 Å². The number of imide groups is 1. The average Bonchev–Trinajstić information content (AvgIpc) is 2.94. The summed E-state index contributed by atoms with van der Waals surface area (Å²) >= 11 is 0. The van der Waals surface area contributed by atoms with E-state index in [9.17, 15) is 9.59 Å². The largest absolute Gasteiger partial charge is 0.335 e. The lowest BCUT2D eigenvalue weighted by Gasteiger charge is -2.17. The molecule has 7 heteroatoms. The van der Waals surface area contributed by atoms with Crippen LogP contribution in [0, 0.1) is 11.8 Å². The summed E-state index contributed by atoms with van der Waals surface area (Å²) in [7, 11) is 0. The molecule has 3 atom stereocenters. The summed E-state index contributed by atoms with van der Waals surface area (Å²) < 4.78 is 0. The fraction of sp³-hybridized carbons (Fsp3) is 0.846. The van der Waals surface area contributed by atoms with E-state index in [1.165, 1.54) is 6.42 Å². The summed E-state index contributed by atoms with van der Waals surface area (Å²) in [6.45, 7) is 2.14. The Morgan fingerprint density at radius 3 is 2.55 bits per heavy atom. The van der Waals surface area contributed by atoms with Crippen LogP contribution in [0.2, 0.25) is 0 Å². The highest BCUT2D eigenvalue weighted by atomic mass is 35.5. The van der Waals surface area contributed by atoms with E-state index in [0.717, 1.165) is 32.4 Å². The van der Waals surface area contributed by atoms with Gasteiger partial charge in [-0.1, -0.05) is 0 Å². The molecule has 4 N–H and O–H groups in total. The molecule has 0 spiro atoms. The molecule has 0 radical (unpaired) electrons. The highest BCUT2D eigenvalue weighted by Gasteiger charge is 2.41. The van der Waals surface area contributed by atoms with E-state index < -0.39 is 0 Å². The molecule has 2 saturated carbocycles. The number of hydrogen-bond acceptors (Lipinski definition) is 4. The van der Waals surface area contributed by atoms with Crippen LogP contribution in [0.5, 0.6) is 0 Å². The number of likely N-dealkylation sites (tertiary alicyclic amines) is 1. The molecule has 0 aromatic heterocycles. The van der Waals surface area contributed by atoms with Crippen molar-refractivity contribution in [2.45, 2.75) is 37.8 Å². The fourth-order valence-electron chi connectivity index (χ4n) is 3.35. The zero-order valence-corrected chi connectivity index (χ0v) is 12.3. The van der Waals surface area contributed by atoms with Crippen LogP contribution in [-0.2, 0) is 4.79 Å². The first kappa shape index (κ1) is 15.5. The van der Waals surface area contributed by atoms with Crippen molar-refractivity contribution in [3.63, 3.8) is 0 Å². The lowest BCUT2D eigenvalue weighted by Crippen LogP contribution is -2.45. The van der Waals surface area contributed by atoms with Crippen LogP contribution in [0.1, 0.15) is 25.7 Å². The summed E-state index contributed by atoms with van der Waals surface area (Å²) in [6, 6.07) is 0.205. The molecule has 0 bridgehead atoms. The molecular weight excluding hydrogens is 280 g/mol. The van der Waals surface area contributed by atoms with Crippen LogP contribution in [-0.4, -0.2) is 48.6 Å². The van der Waals surface area contributed by atoms with Gasteiger partial charge in [-0.3, -0.25) is 15.0 Å². The van der Waals surface area contributed by atoms with Crippen molar-refractivity contribution in [3.05, 3.63) is 0 Å². The predicted octanol–water partition coefficient (Wildman–Crippen LogP) is 0.0655. The quantitative estimate of drug-likeness (QED) is 0.688. The average molecular weight is 303 g/mol. The van der Waals surface area contributed by atoms with Crippen molar-refractivity contribution in [1.82, 2.24) is 15.5 Å². The predicted molar refractivity (Wildman–Crippen MR) is 77.6 cm³/mol. The van der Waals surface area contributed by atoms with Gasteiger partial charge in [0, 0.05) is 25.2 Å². The Bertz CT molecular complexity index is 389. The minimum atomic E-state index is -0.358. The first-order chi connectivity index (χ1) is 9.11. The second-order valence-electron chi connectivity index (χ2n) is 6.16. The number of nitrogens with zero attached hydrogens (tertiary/aromatic N) is 1. The maximum absolute atomic E-state index is 11.8. The zero-order chi connectivity index (χ0) is 13.4. The first-order valence-corrected chi connectivity index (χ1v) is 7.20. The molecule has 3 fully saturated rings. The Labute approximate surface area is 125 Å². The number of fused-ring (bicyclic) bond motifs is 1. The van der Waals surface area contributed by atoms with Crippen molar-refractivity contribution in [2.75, 3.05) is 19.6 Å². The standard InChI is InChI=1S/C13H22N4O2.ClH/c14-11-4-1-8-5-17(6-10(8)11)7-12(18)16-13(19)15-9-2-3-9;/h8-11H,1-7,14H2,(H2,15,16,18,19);1H. The molecule has 3 amide bonds. The first-order valence-electron chi connectivity index (χ1n) is 7.20. The van der Waals surface area contributed by atoms with Crippen LogP contribution in [0.15, 0.2) is 0 Å². The van der Waals surface area contributed by atoms with Gasteiger partial charge in [-0.2, -0.15) is 0 Å². The second kappa shape index (κ2) is 6.28. The molecule has 0 aromatic carbocycles. The van der Waals surface area contributed by atoms with Gasteiger partial charge in [-0.05, 0) is 37.5 Å². The van der Waals surface area contributed by atoms with Crippen LogP contribution >= 0.6 is 12.4 Å². The van der Waals surface area contributed by atoms with E-state index in [4.69, 9.17) is 5.73 Å². The molecule has 1 aliphatic heterocycles. The molecular formula is C13H23ClN4O2. The number of halogens is 1. The Morgan fingerprint density at radius 1 is 1.15 bits per heavy atom. The summed E-state index contributed by atoms with van der Waals surface area (Å²) in [4.78, 5) is 25.3. The lowest BCUT2D eigenvalue weighted by atomic mass is 9.98. The third-order valence-electron chi connectivity index (χ3n) is 4.52.